The maximum Gasteiger partial charge on any atom is 0.240 e. The number of halogens is 2. The summed E-state index contributed by atoms with van der Waals surface area (Å²) >= 11 is 3.26. The van der Waals surface area contributed by atoms with Crippen LogP contribution in [-0.2, 0) is 9.59 Å². The van der Waals surface area contributed by atoms with Crippen molar-refractivity contribution in [2.45, 2.75) is 6.42 Å². The van der Waals surface area contributed by atoms with E-state index in [2.05, 4.69) is 15.9 Å². The molecule has 0 saturated carbocycles. The van der Waals surface area contributed by atoms with Crippen molar-refractivity contribution in [2.24, 2.45) is 5.92 Å². The molecule has 2 amide bonds. The van der Waals surface area contributed by atoms with Gasteiger partial charge in [0.05, 0.1) is 11.6 Å². The minimum Gasteiger partial charge on any atom is -0.274 e. The molecule has 2 rings (SSSR count). The van der Waals surface area contributed by atoms with Gasteiger partial charge in [-0.05, 0) is 24.3 Å². The number of alkyl halides is 1. The Morgan fingerprint density at radius 1 is 1.31 bits per heavy atom. The van der Waals surface area contributed by atoms with Gasteiger partial charge >= 0.3 is 0 Å². The molecule has 1 atom stereocenters. The SMILES string of the molecule is O=C1CC(CF)C(=O)N1c1ccc(Br)cc1. The lowest BCUT2D eigenvalue weighted by atomic mass is 10.1. The predicted molar refractivity (Wildman–Crippen MR) is 60.7 cm³/mol. The summed E-state index contributed by atoms with van der Waals surface area (Å²) < 4.78 is 13.3. The molecule has 0 radical (unpaired) electrons. The zero-order chi connectivity index (χ0) is 11.7. The molecule has 3 nitrogen and oxygen atoms in total. The van der Waals surface area contributed by atoms with Crippen molar-refractivity contribution < 1.29 is 14.0 Å². The monoisotopic (exact) mass is 285 g/mol. The number of hydrogen-bond donors (Lipinski definition) is 0. The number of carbonyl (C=O) groups is 2. The Morgan fingerprint density at radius 3 is 2.44 bits per heavy atom. The molecule has 1 aliphatic heterocycles. The standard InChI is InChI=1S/C11H9BrFNO2/c12-8-1-3-9(4-2-8)14-10(15)5-7(6-13)11(14)16/h1-4,7H,5-6H2. The molecule has 0 aromatic heterocycles. The summed E-state index contributed by atoms with van der Waals surface area (Å²) in [4.78, 5) is 24.3. The maximum absolute atomic E-state index is 12.5. The molecular weight excluding hydrogens is 277 g/mol. The van der Waals surface area contributed by atoms with E-state index in [9.17, 15) is 14.0 Å². The van der Waals surface area contributed by atoms with Crippen molar-refractivity contribution in [3.8, 4) is 0 Å². The van der Waals surface area contributed by atoms with Crippen LogP contribution in [0, 0.1) is 5.92 Å². The van der Waals surface area contributed by atoms with Crippen LogP contribution in [0.1, 0.15) is 6.42 Å². The topological polar surface area (TPSA) is 37.4 Å². The summed E-state index contributed by atoms with van der Waals surface area (Å²) in [5.74, 6) is -1.60. The highest BCUT2D eigenvalue weighted by Crippen LogP contribution is 2.27. The van der Waals surface area contributed by atoms with Crippen LogP contribution in [0.5, 0.6) is 0 Å². The molecule has 1 unspecified atom stereocenters. The van der Waals surface area contributed by atoms with E-state index in [-0.39, 0.29) is 12.3 Å². The van der Waals surface area contributed by atoms with E-state index in [1.54, 1.807) is 24.3 Å². The van der Waals surface area contributed by atoms with Gasteiger partial charge in [-0.2, -0.15) is 0 Å². The number of rotatable bonds is 2. The van der Waals surface area contributed by atoms with E-state index >= 15 is 0 Å². The number of imide groups is 1. The van der Waals surface area contributed by atoms with Crippen LogP contribution >= 0.6 is 15.9 Å². The van der Waals surface area contributed by atoms with Gasteiger partial charge in [0.15, 0.2) is 0 Å². The molecule has 0 bridgehead atoms. The molecule has 1 aliphatic rings. The smallest absolute Gasteiger partial charge is 0.240 e. The largest absolute Gasteiger partial charge is 0.274 e. The Bertz CT molecular complexity index is 432. The van der Waals surface area contributed by atoms with Crippen molar-refractivity contribution in [2.75, 3.05) is 11.6 Å². The molecule has 0 aliphatic carbocycles. The second-order valence-electron chi connectivity index (χ2n) is 3.60. The molecule has 1 fully saturated rings. The summed E-state index contributed by atoms with van der Waals surface area (Å²) in [7, 11) is 0. The lowest BCUT2D eigenvalue weighted by Gasteiger charge is -2.14. The van der Waals surface area contributed by atoms with E-state index < -0.39 is 18.5 Å². The Hall–Kier alpha value is -1.23. The zero-order valence-corrected chi connectivity index (χ0v) is 9.91. The van der Waals surface area contributed by atoms with Gasteiger partial charge in [0.25, 0.3) is 0 Å². The summed E-state index contributed by atoms with van der Waals surface area (Å²) in [6.07, 6.45) is -0.0363. The van der Waals surface area contributed by atoms with E-state index in [1.807, 2.05) is 0 Å². The highest BCUT2D eigenvalue weighted by molar-refractivity contribution is 9.10. The van der Waals surface area contributed by atoms with Crippen LogP contribution in [0.15, 0.2) is 28.7 Å². The highest BCUT2D eigenvalue weighted by atomic mass is 79.9. The van der Waals surface area contributed by atoms with E-state index in [0.717, 1.165) is 9.37 Å². The number of benzene rings is 1. The normalized spacial score (nSPS) is 20.6. The Labute approximate surface area is 100 Å². The average molecular weight is 286 g/mol. The maximum atomic E-state index is 12.5. The first kappa shape index (κ1) is 11.3. The second kappa shape index (κ2) is 4.33. The summed E-state index contributed by atoms with van der Waals surface area (Å²) in [5, 5.41) is 0. The third-order valence-corrected chi connectivity index (χ3v) is 3.04. The molecule has 16 heavy (non-hydrogen) atoms. The molecule has 1 saturated heterocycles. The molecule has 5 heteroatoms. The van der Waals surface area contributed by atoms with Gasteiger partial charge in [-0.25, -0.2) is 0 Å². The summed E-state index contributed by atoms with van der Waals surface area (Å²) in [5.41, 5.74) is 0.495. The van der Waals surface area contributed by atoms with Crippen LogP contribution < -0.4 is 4.90 Å². The molecule has 84 valence electrons. The van der Waals surface area contributed by atoms with Gasteiger partial charge < -0.3 is 0 Å². The molecule has 1 aromatic rings. The molecule has 1 heterocycles. The molecule has 0 spiro atoms. The van der Waals surface area contributed by atoms with Gasteiger partial charge in [-0.3, -0.25) is 18.9 Å². The van der Waals surface area contributed by atoms with E-state index in [1.165, 1.54) is 0 Å². The van der Waals surface area contributed by atoms with Crippen molar-refractivity contribution in [3.05, 3.63) is 28.7 Å². The Balaban J connectivity index is 2.31. The van der Waals surface area contributed by atoms with Gasteiger partial charge in [0, 0.05) is 10.9 Å². The van der Waals surface area contributed by atoms with Crippen LogP contribution in [0.2, 0.25) is 0 Å². The third kappa shape index (κ3) is 1.87. The van der Waals surface area contributed by atoms with Crippen molar-refractivity contribution >= 4 is 33.4 Å². The predicted octanol–water partition coefficient (Wildman–Crippen LogP) is 2.30. The van der Waals surface area contributed by atoms with E-state index in [4.69, 9.17) is 0 Å². The third-order valence-electron chi connectivity index (χ3n) is 2.51. The molecule has 1 aromatic carbocycles. The number of anilines is 1. The minimum atomic E-state index is -0.809. The summed E-state index contributed by atoms with van der Waals surface area (Å²) in [6.45, 7) is -0.780. The van der Waals surface area contributed by atoms with Crippen LogP contribution in [-0.4, -0.2) is 18.5 Å². The van der Waals surface area contributed by atoms with Crippen molar-refractivity contribution in [1.29, 1.82) is 0 Å². The Morgan fingerprint density at radius 2 is 1.94 bits per heavy atom. The average Bonchev–Trinajstić information content (AvgIpc) is 2.56. The number of carbonyl (C=O) groups excluding carboxylic acids is 2. The number of amides is 2. The van der Waals surface area contributed by atoms with Crippen LogP contribution in [0.3, 0.4) is 0 Å². The van der Waals surface area contributed by atoms with E-state index in [0.29, 0.717) is 5.69 Å². The van der Waals surface area contributed by atoms with Gasteiger partial charge in [0.1, 0.15) is 6.67 Å². The van der Waals surface area contributed by atoms with Gasteiger partial charge in [-0.1, -0.05) is 15.9 Å². The lowest BCUT2D eigenvalue weighted by molar-refractivity contribution is -0.122. The minimum absolute atomic E-state index is 0.0363. The van der Waals surface area contributed by atoms with Gasteiger partial charge in [-0.15, -0.1) is 0 Å². The van der Waals surface area contributed by atoms with Crippen LogP contribution in [0.25, 0.3) is 0 Å². The van der Waals surface area contributed by atoms with Gasteiger partial charge in [0.2, 0.25) is 11.8 Å². The molecular formula is C11H9BrFNO2. The Kier molecular flexibility index (Phi) is 3.05. The number of nitrogens with zero attached hydrogens (tertiary/aromatic N) is 1. The summed E-state index contributed by atoms with van der Waals surface area (Å²) in [6, 6.07) is 6.78. The highest BCUT2D eigenvalue weighted by Gasteiger charge is 2.39. The fraction of sp³-hybridized carbons (Fsp3) is 0.273. The quantitative estimate of drug-likeness (QED) is 0.782. The number of hydrogen-bond acceptors (Lipinski definition) is 2. The first-order chi connectivity index (χ1) is 7.63. The van der Waals surface area contributed by atoms with Crippen molar-refractivity contribution in [3.63, 3.8) is 0 Å². The zero-order valence-electron chi connectivity index (χ0n) is 8.32. The second-order valence-corrected chi connectivity index (χ2v) is 4.51. The first-order valence-electron chi connectivity index (χ1n) is 4.82. The fourth-order valence-electron chi connectivity index (χ4n) is 1.68. The first-order valence-corrected chi connectivity index (χ1v) is 5.61. The lowest BCUT2D eigenvalue weighted by Crippen LogP contribution is -2.30. The van der Waals surface area contributed by atoms with Crippen molar-refractivity contribution in [1.82, 2.24) is 0 Å². The molecule has 0 N–H and O–H groups in total. The fourth-order valence-corrected chi connectivity index (χ4v) is 1.94. The van der Waals surface area contributed by atoms with Crippen LogP contribution in [0.4, 0.5) is 10.1 Å².